The molecule has 2 aromatic carbocycles. The molecule has 0 aromatic heterocycles. The van der Waals surface area contributed by atoms with Gasteiger partial charge in [-0.2, -0.15) is 0 Å². The van der Waals surface area contributed by atoms with E-state index in [1.54, 1.807) is 18.2 Å². The van der Waals surface area contributed by atoms with Crippen LogP contribution in [0, 0.1) is 11.7 Å². The Morgan fingerprint density at radius 3 is 2.55 bits per heavy atom. The van der Waals surface area contributed by atoms with Crippen LogP contribution >= 0.6 is 0 Å². The molecule has 31 heavy (non-hydrogen) atoms. The average molecular weight is 429 g/mol. The number of halogens is 1. The quantitative estimate of drug-likeness (QED) is 0.724. The maximum atomic E-state index is 13.7. The molecule has 1 heterocycles. The molecule has 0 spiro atoms. The van der Waals surface area contributed by atoms with E-state index in [0.29, 0.717) is 17.2 Å². The number of nitrogens with zero attached hydrogens (tertiary/aromatic N) is 2. The van der Waals surface area contributed by atoms with Gasteiger partial charge in [0.1, 0.15) is 23.4 Å². The third-order valence-electron chi connectivity index (χ3n) is 5.32. The lowest BCUT2D eigenvalue weighted by atomic mass is 10.0. The third-order valence-corrected chi connectivity index (χ3v) is 5.32. The van der Waals surface area contributed by atoms with Crippen molar-refractivity contribution in [3.63, 3.8) is 0 Å². The van der Waals surface area contributed by atoms with E-state index < -0.39 is 29.6 Å². The number of carbonyl (C=O) groups is 3. The normalized spacial score (nSPS) is 16.7. The highest BCUT2D eigenvalue weighted by Crippen LogP contribution is 2.36. The number of benzene rings is 2. The van der Waals surface area contributed by atoms with Crippen molar-refractivity contribution in [3.05, 3.63) is 53.8 Å². The molecule has 2 N–H and O–H groups in total. The molecule has 0 aliphatic carbocycles. The smallest absolute Gasteiger partial charge is 0.244 e. The minimum absolute atomic E-state index is 0.0435. The van der Waals surface area contributed by atoms with Gasteiger partial charge in [-0.1, -0.05) is 12.1 Å². The summed E-state index contributed by atoms with van der Waals surface area (Å²) in [5.41, 5.74) is 6.26. The van der Waals surface area contributed by atoms with Gasteiger partial charge in [-0.15, -0.1) is 0 Å². The van der Waals surface area contributed by atoms with E-state index in [4.69, 9.17) is 15.2 Å². The molecule has 2 unspecified atom stereocenters. The monoisotopic (exact) mass is 429 g/mol. The zero-order valence-corrected chi connectivity index (χ0v) is 17.5. The number of nitrogens with two attached hydrogens (primary N) is 1. The van der Waals surface area contributed by atoms with Crippen LogP contribution in [0.5, 0.6) is 11.5 Å². The maximum Gasteiger partial charge on any atom is 0.244 e. The van der Waals surface area contributed by atoms with Crippen LogP contribution in [0.15, 0.2) is 42.5 Å². The van der Waals surface area contributed by atoms with E-state index in [2.05, 4.69) is 0 Å². The van der Waals surface area contributed by atoms with Crippen molar-refractivity contribution in [2.75, 3.05) is 32.7 Å². The number of amides is 3. The zero-order chi connectivity index (χ0) is 22.7. The van der Waals surface area contributed by atoms with E-state index in [9.17, 15) is 18.8 Å². The molecule has 0 saturated carbocycles. The van der Waals surface area contributed by atoms with Gasteiger partial charge in [-0.25, -0.2) is 4.39 Å². The third kappa shape index (κ3) is 4.45. The molecule has 164 valence electrons. The Bertz CT molecular complexity index is 1010. The standard InChI is InChI=1S/C22H24FN3O5/c1-25(20(21(24)28)13-5-4-6-15(23)9-13)22(29)14-10-19(27)26(12-14)17-11-16(30-2)7-8-18(17)31-3/h4-9,11,14,20H,10,12H2,1-3H3,(H2,24,28). The molecule has 0 bridgehead atoms. The van der Waals surface area contributed by atoms with Crippen LogP contribution in [0.2, 0.25) is 0 Å². The van der Waals surface area contributed by atoms with Gasteiger partial charge in [0, 0.05) is 26.1 Å². The Hall–Kier alpha value is -3.62. The van der Waals surface area contributed by atoms with Gasteiger partial charge in [-0.05, 0) is 29.8 Å². The second kappa shape index (κ2) is 9.03. The van der Waals surface area contributed by atoms with Crippen molar-refractivity contribution in [2.45, 2.75) is 12.5 Å². The van der Waals surface area contributed by atoms with Gasteiger partial charge >= 0.3 is 0 Å². The van der Waals surface area contributed by atoms with Crippen molar-refractivity contribution in [1.29, 1.82) is 0 Å². The second-order valence-electron chi connectivity index (χ2n) is 7.25. The molecule has 2 aromatic rings. The van der Waals surface area contributed by atoms with Crippen LogP contribution in [0.1, 0.15) is 18.0 Å². The second-order valence-corrected chi connectivity index (χ2v) is 7.25. The highest BCUT2D eigenvalue weighted by atomic mass is 19.1. The summed E-state index contributed by atoms with van der Waals surface area (Å²) in [5, 5.41) is 0. The first-order chi connectivity index (χ1) is 14.8. The predicted molar refractivity (Wildman–Crippen MR) is 111 cm³/mol. The summed E-state index contributed by atoms with van der Waals surface area (Å²) in [6.45, 7) is 0.0974. The molecular formula is C22H24FN3O5. The lowest BCUT2D eigenvalue weighted by Gasteiger charge is -2.28. The lowest BCUT2D eigenvalue weighted by Crippen LogP contribution is -2.42. The number of likely N-dealkylation sites (N-methyl/N-ethyl adjacent to an activating group) is 1. The minimum atomic E-state index is -1.15. The summed E-state index contributed by atoms with van der Waals surface area (Å²) < 4.78 is 24.2. The van der Waals surface area contributed by atoms with E-state index in [1.165, 1.54) is 49.3 Å². The molecule has 8 nitrogen and oxygen atoms in total. The molecule has 3 amide bonds. The first-order valence-electron chi connectivity index (χ1n) is 9.60. The highest BCUT2D eigenvalue weighted by molar-refractivity contribution is 6.02. The Balaban J connectivity index is 1.85. The molecule has 1 aliphatic heterocycles. The lowest BCUT2D eigenvalue weighted by molar-refractivity contribution is -0.141. The van der Waals surface area contributed by atoms with Crippen LogP contribution < -0.4 is 20.1 Å². The Kier molecular flexibility index (Phi) is 6.43. The first-order valence-corrected chi connectivity index (χ1v) is 9.60. The SMILES string of the molecule is COc1ccc(OC)c(N2CC(C(=O)N(C)C(C(N)=O)c3cccc(F)c3)CC2=O)c1. The van der Waals surface area contributed by atoms with E-state index >= 15 is 0 Å². The van der Waals surface area contributed by atoms with Gasteiger partial charge in [0.05, 0.1) is 25.8 Å². The fraction of sp³-hybridized carbons (Fsp3) is 0.318. The van der Waals surface area contributed by atoms with Crippen molar-refractivity contribution in [3.8, 4) is 11.5 Å². The largest absolute Gasteiger partial charge is 0.497 e. The van der Waals surface area contributed by atoms with Crippen LogP contribution in [0.25, 0.3) is 0 Å². The van der Waals surface area contributed by atoms with Gasteiger partial charge in [0.2, 0.25) is 17.7 Å². The molecular weight excluding hydrogens is 405 g/mol. The first kappa shape index (κ1) is 22.1. The van der Waals surface area contributed by atoms with Crippen molar-refractivity contribution in [2.24, 2.45) is 11.7 Å². The van der Waals surface area contributed by atoms with E-state index in [-0.39, 0.29) is 24.4 Å². The topological polar surface area (TPSA) is 102 Å². The van der Waals surface area contributed by atoms with Crippen LogP contribution in [0.3, 0.4) is 0 Å². The van der Waals surface area contributed by atoms with Crippen LogP contribution in [0.4, 0.5) is 10.1 Å². The Labute approximate surface area is 179 Å². The Morgan fingerprint density at radius 2 is 1.94 bits per heavy atom. The van der Waals surface area contributed by atoms with Crippen LogP contribution in [-0.2, 0) is 14.4 Å². The average Bonchev–Trinajstić information content (AvgIpc) is 3.13. The zero-order valence-electron chi connectivity index (χ0n) is 17.5. The van der Waals surface area contributed by atoms with Gasteiger partial charge in [0.15, 0.2) is 0 Å². The molecule has 3 rings (SSSR count). The van der Waals surface area contributed by atoms with Gasteiger partial charge in [-0.3, -0.25) is 14.4 Å². The Morgan fingerprint density at radius 1 is 1.19 bits per heavy atom. The number of anilines is 1. The van der Waals surface area contributed by atoms with Crippen LogP contribution in [-0.4, -0.2) is 50.4 Å². The summed E-state index contributed by atoms with van der Waals surface area (Å²) in [6.07, 6.45) is -0.0435. The van der Waals surface area contributed by atoms with E-state index in [1.807, 2.05) is 0 Å². The summed E-state index contributed by atoms with van der Waals surface area (Å²) in [6, 6.07) is 9.24. The number of hydrogen-bond acceptors (Lipinski definition) is 5. The van der Waals surface area contributed by atoms with E-state index in [0.717, 1.165) is 6.07 Å². The summed E-state index contributed by atoms with van der Waals surface area (Å²) >= 11 is 0. The number of hydrogen-bond donors (Lipinski definition) is 1. The molecule has 9 heteroatoms. The summed E-state index contributed by atoms with van der Waals surface area (Å²) in [4.78, 5) is 40.6. The van der Waals surface area contributed by atoms with Crippen molar-refractivity contribution < 1.29 is 28.2 Å². The van der Waals surface area contributed by atoms with Gasteiger partial charge in [0.25, 0.3) is 0 Å². The molecule has 1 saturated heterocycles. The fourth-order valence-corrected chi connectivity index (χ4v) is 3.78. The number of methoxy groups -OCH3 is 2. The summed E-state index contributed by atoms with van der Waals surface area (Å²) in [5.74, 6) is -1.75. The van der Waals surface area contributed by atoms with Crippen molar-refractivity contribution in [1.82, 2.24) is 4.90 Å². The minimum Gasteiger partial charge on any atom is -0.497 e. The number of carbonyl (C=O) groups excluding carboxylic acids is 3. The molecule has 2 atom stereocenters. The van der Waals surface area contributed by atoms with Crippen molar-refractivity contribution >= 4 is 23.4 Å². The number of ether oxygens (including phenoxy) is 2. The number of primary amides is 1. The van der Waals surface area contributed by atoms with Gasteiger partial charge < -0.3 is 25.0 Å². The molecule has 1 aliphatic rings. The highest BCUT2D eigenvalue weighted by Gasteiger charge is 2.40. The molecule has 0 radical (unpaired) electrons. The molecule has 1 fully saturated rings. The summed E-state index contributed by atoms with van der Waals surface area (Å²) in [7, 11) is 4.41. The number of rotatable bonds is 7. The predicted octanol–water partition coefficient (Wildman–Crippen LogP) is 1.88. The fourth-order valence-electron chi connectivity index (χ4n) is 3.78. The maximum absolute atomic E-state index is 13.7.